The molecule has 1 aliphatic heterocycles. The van der Waals surface area contributed by atoms with Crippen LogP contribution in [0.15, 0.2) is 30.3 Å². The van der Waals surface area contributed by atoms with E-state index < -0.39 is 5.91 Å². The van der Waals surface area contributed by atoms with Crippen LogP contribution in [0.3, 0.4) is 0 Å². The maximum atomic E-state index is 13.5. The van der Waals surface area contributed by atoms with Crippen molar-refractivity contribution in [3.8, 4) is 0 Å². The normalized spacial score (nSPS) is 13.2. The molecule has 0 atom stereocenters. The maximum absolute atomic E-state index is 13.5. The summed E-state index contributed by atoms with van der Waals surface area (Å²) in [6, 6.07) is 8.16. The van der Waals surface area contributed by atoms with E-state index in [0.29, 0.717) is 28.9 Å². The van der Waals surface area contributed by atoms with E-state index >= 15 is 0 Å². The molecule has 0 unspecified atom stereocenters. The molecular weight excluding hydrogens is 432 g/mol. The highest BCUT2D eigenvalue weighted by Crippen LogP contribution is 2.25. The molecule has 0 aliphatic carbocycles. The van der Waals surface area contributed by atoms with Gasteiger partial charge in [0.15, 0.2) is 5.65 Å². The number of nitrogens with one attached hydrogen (secondary N) is 1. The monoisotopic (exact) mass is 462 g/mol. The number of nitrogens with two attached hydrogens (primary N) is 1. The number of rotatable bonds is 7. The Kier molecular flexibility index (Phi) is 6.90. The topological polar surface area (TPSA) is 123 Å². The number of aryl methyl sites for hydroxylation is 3. The molecule has 9 heteroatoms. The predicted molar refractivity (Wildman–Crippen MR) is 130 cm³/mol. The second-order valence-electron chi connectivity index (χ2n) is 8.60. The molecule has 34 heavy (non-hydrogen) atoms. The van der Waals surface area contributed by atoms with Gasteiger partial charge in [-0.1, -0.05) is 6.42 Å². The lowest BCUT2D eigenvalue weighted by Gasteiger charge is -2.21. The molecule has 3 aromatic rings. The Bertz CT molecular complexity index is 1230. The van der Waals surface area contributed by atoms with Gasteiger partial charge >= 0.3 is 0 Å². The minimum absolute atomic E-state index is 0.143. The zero-order chi connectivity index (χ0) is 24.2. The average molecular weight is 463 g/mol. The van der Waals surface area contributed by atoms with Crippen LogP contribution in [-0.4, -0.2) is 50.2 Å². The number of fused-ring (bicyclic) bond motifs is 3. The Morgan fingerprint density at radius 2 is 1.88 bits per heavy atom. The second kappa shape index (κ2) is 10.0. The summed E-state index contributed by atoms with van der Waals surface area (Å²) in [6.07, 6.45) is 4.38. The van der Waals surface area contributed by atoms with Crippen molar-refractivity contribution in [3.05, 3.63) is 53.0 Å². The van der Waals surface area contributed by atoms with Crippen molar-refractivity contribution in [2.75, 3.05) is 18.4 Å². The number of pyridine rings is 1. The summed E-state index contributed by atoms with van der Waals surface area (Å²) in [5.41, 5.74) is 8.90. The number of primary amides is 1. The number of benzene rings is 1. The van der Waals surface area contributed by atoms with Gasteiger partial charge in [-0.3, -0.25) is 14.4 Å². The Morgan fingerprint density at radius 1 is 1.12 bits per heavy atom. The molecule has 0 bridgehead atoms. The minimum atomic E-state index is -0.524. The molecule has 9 nitrogen and oxygen atoms in total. The van der Waals surface area contributed by atoms with Crippen LogP contribution in [0, 0.1) is 6.92 Å². The summed E-state index contributed by atoms with van der Waals surface area (Å²) in [5, 5.41) is 2.79. The van der Waals surface area contributed by atoms with Crippen molar-refractivity contribution < 1.29 is 14.4 Å². The first-order valence-corrected chi connectivity index (χ1v) is 11.7. The van der Waals surface area contributed by atoms with Crippen LogP contribution < -0.4 is 11.1 Å². The molecule has 4 rings (SSSR count). The van der Waals surface area contributed by atoms with Gasteiger partial charge < -0.3 is 20.5 Å². The van der Waals surface area contributed by atoms with Crippen molar-refractivity contribution in [3.63, 3.8) is 0 Å². The van der Waals surface area contributed by atoms with Crippen molar-refractivity contribution >= 4 is 34.6 Å². The molecule has 0 spiro atoms. The number of imidazole rings is 1. The summed E-state index contributed by atoms with van der Waals surface area (Å²) in [4.78, 5) is 48.3. The number of anilines is 1. The Labute approximate surface area is 198 Å². The summed E-state index contributed by atoms with van der Waals surface area (Å²) in [7, 11) is 0. The molecule has 1 aliphatic rings. The van der Waals surface area contributed by atoms with Crippen LogP contribution >= 0.6 is 0 Å². The van der Waals surface area contributed by atoms with Gasteiger partial charge in [0, 0.05) is 49.4 Å². The third-order valence-corrected chi connectivity index (χ3v) is 6.15. The van der Waals surface area contributed by atoms with Gasteiger partial charge in [0.1, 0.15) is 11.3 Å². The Balaban J connectivity index is 1.48. The second-order valence-corrected chi connectivity index (χ2v) is 8.60. The van der Waals surface area contributed by atoms with E-state index in [1.54, 1.807) is 35.2 Å². The first-order chi connectivity index (χ1) is 16.4. The van der Waals surface area contributed by atoms with E-state index in [4.69, 9.17) is 15.7 Å². The molecule has 0 radical (unpaired) electrons. The highest BCUT2D eigenvalue weighted by Gasteiger charge is 2.24. The molecule has 0 saturated carbocycles. The molecule has 3 N–H and O–H groups in total. The van der Waals surface area contributed by atoms with Crippen LogP contribution in [0.1, 0.15) is 64.8 Å². The van der Waals surface area contributed by atoms with Gasteiger partial charge in [0.25, 0.3) is 5.91 Å². The van der Waals surface area contributed by atoms with E-state index in [0.717, 1.165) is 43.0 Å². The fraction of sp³-hybridized carbons (Fsp3) is 0.400. The fourth-order valence-corrected chi connectivity index (χ4v) is 4.33. The number of nitrogens with zero attached hydrogens (tertiary/aromatic N) is 4. The Morgan fingerprint density at radius 3 is 2.59 bits per heavy atom. The summed E-state index contributed by atoms with van der Waals surface area (Å²) >= 11 is 0. The van der Waals surface area contributed by atoms with Gasteiger partial charge in [-0.25, -0.2) is 9.97 Å². The van der Waals surface area contributed by atoms with Gasteiger partial charge in [-0.15, -0.1) is 0 Å². The van der Waals surface area contributed by atoms with E-state index in [-0.39, 0.29) is 24.8 Å². The van der Waals surface area contributed by atoms with E-state index in [9.17, 15) is 14.4 Å². The molecule has 3 amide bonds. The summed E-state index contributed by atoms with van der Waals surface area (Å²) in [5.74, 6) is 0.0988. The average Bonchev–Trinajstić information content (AvgIpc) is 2.99. The highest BCUT2D eigenvalue weighted by atomic mass is 16.2. The molecule has 1 aromatic carbocycles. The standard InChI is InChI=1S/C25H30N6O3/c1-3-30(14-12-21(32)28-18-10-8-17(9-11-18)23(26)33)25(34)19-15-16(2)27-24-22(19)29-20-7-5-4-6-13-31(20)24/h8-11,15H,3-7,12-14H2,1-2H3,(H2,26,33)(H,28,32). The number of carbonyl (C=O) groups is 3. The van der Waals surface area contributed by atoms with Gasteiger partial charge in [-0.05, 0) is 57.0 Å². The molecule has 2 aromatic heterocycles. The molecule has 3 heterocycles. The smallest absolute Gasteiger partial charge is 0.256 e. The number of hydrogen-bond donors (Lipinski definition) is 2. The first kappa shape index (κ1) is 23.4. The number of hydrogen-bond acceptors (Lipinski definition) is 5. The lowest BCUT2D eigenvalue weighted by atomic mass is 10.1. The van der Waals surface area contributed by atoms with Crippen LogP contribution in [0.25, 0.3) is 11.2 Å². The molecular formula is C25H30N6O3. The zero-order valence-corrected chi connectivity index (χ0v) is 19.6. The van der Waals surface area contributed by atoms with Crippen molar-refractivity contribution in [1.82, 2.24) is 19.4 Å². The van der Waals surface area contributed by atoms with Crippen molar-refractivity contribution in [1.29, 1.82) is 0 Å². The van der Waals surface area contributed by atoms with Gasteiger partial charge in [0.2, 0.25) is 11.8 Å². The van der Waals surface area contributed by atoms with Crippen molar-refractivity contribution in [2.24, 2.45) is 5.73 Å². The van der Waals surface area contributed by atoms with Crippen LogP contribution in [-0.2, 0) is 17.8 Å². The zero-order valence-electron chi connectivity index (χ0n) is 19.6. The van der Waals surface area contributed by atoms with Gasteiger partial charge in [0.05, 0.1) is 5.56 Å². The fourth-order valence-electron chi connectivity index (χ4n) is 4.33. The number of carbonyl (C=O) groups excluding carboxylic acids is 3. The Hall–Kier alpha value is -3.75. The third kappa shape index (κ3) is 4.93. The molecule has 0 saturated heterocycles. The van der Waals surface area contributed by atoms with E-state index in [1.807, 2.05) is 13.8 Å². The van der Waals surface area contributed by atoms with E-state index in [2.05, 4.69) is 9.88 Å². The summed E-state index contributed by atoms with van der Waals surface area (Å²) in [6.45, 7) is 5.40. The van der Waals surface area contributed by atoms with Crippen LogP contribution in [0.5, 0.6) is 0 Å². The predicted octanol–water partition coefficient (Wildman–Crippen LogP) is 3.06. The molecule has 0 fully saturated rings. The number of aromatic nitrogens is 3. The minimum Gasteiger partial charge on any atom is -0.366 e. The SMILES string of the molecule is CCN(CCC(=O)Nc1ccc(C(N)=O)cc1)C(=O)c1cc(C)nc2c1nc1n2CCCCC1. The lowest BCUT2D eigenvalue weighted by Crippen LogP contribution is -2.34. The van der Waals surface area contributed by atoms with Crippen LogP contribution in [0.4, 0.5) is 5.69 Å². The number of amides is 3. The largest absolute Gasteiger partial charge is 0.366 e. The van der Waals surface area contributed by atoms with Crippen molar-refractivity contribution in [2.45, 2.75) is 52.5 Å². The molecule has 178 valence electrons. The third-order valence-electron chi connectivity index (χ3n) is 6.15. The van der Waals surface area contributed by atoms with E-state index in [1.165, 1.54) is 6.42 Å². The quantitative estimate of drug-likeness (QED) is 0.559. The highest BCUT2D eigenvalue weighted by molar-refractivity contribution is 6.04. The summed E-state index contributed by atoms with van der Waals surface area (Å²) < 4.78 is 2.15. The maximum Gasteiger partial charge on any atom is 0.256 e. The van der Waals surface area contributed by atoms with Gasteiger partial charge in [-0.2, -0.15) is 0 Å². The lowest BCUT2D eigenvalue weighted by molar-refractivity contribution is -0.116. The van der Waals surface area contributed by atoms with Crippen LogP contribution in [0.2, 0.25) is 0 Å². The first-order valence-electron chi connectivity index (χ1n) is 11.7.